The van der Waals surface area contributed by atoms with Gasteiger partial charge in [-0.15, -0.1) is 0 Å². The van der Waals surface area contributed by atoms with Gasteiger partial charge < -0.3 is 9.72 Å². The molecule has 0 aliphatic heterocycles. The van der Waals surface area contributed by atoms with Gasteiger partial charge in [0.05, 0.1) is 10.5 Å². The minimum Gasteiger partial charge on any atom is -0.423 e. The van der Waals surface area contributed by atoms with Crippen LogP contribution < -0.4 is 16.0 Å². The maximum absolute atomic E-state index is 12.0. The van der Waals surface area contributed by atoms with Crippen molar-refractivity contribution in [2.75, 3.05) is 0 Å². The second kappa shape index (κ2) is 7.96. The highest BCUT2D eigenvalue weighted by Crippen LogP contribution is 2.17. The van der Waals surface area contributed by atoms with Gasteiger partial charge in [0.25, 0.3) is 0 Å². The predicted octanol–water partition coefficient (Wildman–Crippen LogP) is 2.36. The highest BCUT2D eigenvalue weighted by atomic mass is 16.6. The summed E-state index contributed by atoms with van der Waals surface area (Å²) in [5.74, 6) is -0.179. The number of aromatic amines is 2. The van der Waals surface area contributed by atoms with E-state index in [9.17, 15) is 24.5 Å². The Hall–Kier alpha value is -4.27. The molecule has 9 heteroatoms. The zero-order valence-corrected chi connectivity index (χ0v) is 14.2. The normalized spacial score (nSPS) is 10.7. The summed E-state index contributed by atoms with van der Waals surface area (Å²) in [6.07, 6.45) is 2.72. The standard InChI is InChI=1S/C19H13N3O6/c23-17-16(22(26)27)15(20-19(25)21-17)11-8-12-6-9-14(10-7-12)28-18(24)13-4-2-1-3-5-13/h1-11H,(H2,20,21,23,25)/b11-8+. The number of hydrogen-bond donors (Lipinski definition) is 2. The third-order valence-electron chi connectivity index (χ3n) is 3.67. The average molecular weight is 379 g/mol. The zero-order chi connectivity index (χ0) is 20.1. The van der Waals surface area contributed by atoms with Crippen molar-refractivity contribution in [2.45, 2.75) is 0 Å². The number of aromatic nitrogens is 2. The summed E-state index contributed by atoms with van der Waals surface area (Å²) < 4.78 is 5.25. The second-order valence-electron chi connectivity index (χ2n) is 5.59. The number of benzene rings is 2. The van der Waals surface area contributed by atoms with Crippen LogP contribution in [-0.2, 0) is 0 Å². The lowest BCUT2D eigenvalue weighted by Crippen LogP contribution is -2.25. The number of nitrogens with zero attached hydrogens (tertiary/aromatic N) is 1. The predicted molar refractivity (Wildman–Crippen MR) is 101 cm³/mol. The van der Waals surface area contributed by atoms with Crippen LogP contribution in [0.2, 0.25) is 0 Å². The van der Waals surface area contributed by atoms with Gasteiger partial charge in [0.15, 0.2) is 0 Å². The van der Waals surface area contributed by atoms with Crippen molar-refractivity contribution in [3.8, 4) is 5.75 Å². The molecule has 0 spiro atoms. The third-order valence-corrected chi connectivity index (χ3v) is 3.67. The van der Waals surface area contributed by atoms with E-state index in [0.717, 1.165) is 0 Å². The Morgan fingerprint density at radius 2 is 1.64 bits per heavy atom. The molecule has 28 heavy (non-hydrogen) atoms. The Morgan fingerprint density at radius 3 is 2.29 bits per heavy atom. The van der Waals surface area contributed by atoms with Crippen molar-refractivity contribution in [2.24, 2.45) is 0 Å². The lowest BCUT2D eigenvalue weighted by molar-refractivity contribution is -0.386. The molecule has 2 N–H and O–H groups in total. The zero-order valence-electron chi connectivity index (χ0n) is 14.2. The van der Waals surface area contributed by atoms with Gasteiger partial charge in [0.1, 0.15) is 11.4 Å². The minimum absolute atomic E-state index is 0.224. The SMILES string of the molecule is O=C(Oc1ccc(/C=C/c2[nH]c(=O)[nH]c(=O)c2[N+](=O)[O-])cc1)c1ccccc1. The van der Waals surface area contributed by atoms with Crippen molar-refractivity contribution in [1.29, 1.82) is 0 Å². The van der Waals surface area contributed by atoms with E-state index in [-0.39, 0.29) is 5.69 Å². The number of rotatable bonds is 5. The van der Waals surface area contributed by atoms with Crippen LogP contribution >= 0.6 is 0 Å². The number of hydrogen-bond acceptors (Lipinski definition) is 6. The van der Waals surface area contributed by atoms with E-state index < -0.39 is 27.8 Å². The quantitative estimate of drug-likeness (QED) is 0.302. The molecule has 0 aliphatic rings. The van der Waals surface area contributed by atoms with Gasteiger partial charge in [-0.3, -0.25) is 19.9 Å². The number of carbonyl (C=O) groups is 1. The Kier molecular flexibility index (Phi) is 5.26. The molecule has 0 amide bonds. The van der Waals surface area contributed by atoms with Crippen molar-refractivity contribution in [3.63, 3.8) is 0 Å². The number of ether oxygens (including phenoxy) is 1. The largest absolute Gasteiger partial charge is 0.423 e. The van der Waals surface area contributed by atoms with Crippen molar-refractivity contribution < 1.29 is 14.5 Å². The number of H-pyrrole nitrogens is 2. The van der Waals surface area contributed by atoms with E-state index >= 15 is 0 Å². The van der Waals surface area contributed by atoms with E-state index in [0.29, 0.717) is 16.9 Å². The molecule has 0 saturated heterocycles. The summed E-state index contributed by atoms with van der Waals surface area (Å²) in [6, 6.07) is 14.8. The van der Waals surface area contributed by atoms with Crippen LogP contribution in [0.15, 0.2) is 64.2 Å². The van der Waals surface area contributed by atoms with Gasteiger partial charge in [0.2, 0.25) is 0 Å². The minimum atomic E-state index is -1.09. The van der Waals surface area contributed by atoms with E-state index in [4.69, 9.17) is 4.74 Å². The lowest BCUT2D eigenvalue weighted by Gasteiger charge is -2.04. The molecule has 3 rings (SSSR count). The van der Waals surface area contributed by atoms with Crippen molar-refractivity contribution >= 4 is 23.8 Å². The summed E-state index contributed by atoms with van der Waals surface area (Å²) in [4.78, 5) is 49.1. The first-order valence-electron chi connectivity index (χ1n) is 8.00. The summed E-state index contributed by atoms with van der Waals surface area (Å²) in [5.41, 5.74) is -1.90. The third kappa shape index (κ3) is 4.28. The fourth-order valence-corrected chi connectivity index (χ4v) is 2.37. The first kappa shape index (κ1) is 18.5. The molecule has 140 valence electrons. The van der Waals surface area contributed by atoms with Gasteiger partial charge in [-0.2, -0.15) is 0 Å². The number of nitro groups is 1. The first-order valence-corrected chi connectivity index (χ1v) is 8.00. The molecule has 1 heterocycles. The molecule has 2 aromatic carbocycles. The molecule has 0 saturated carbocycles. The molecule has 0 fully saturated rings. The van der Waals surface area contributed by atoms with Crippen LogP contribution in [0.1, 0.15) is 21.6 Å². The smallest absolute Gasteiger partial charge is 0.357 e. The van der Waals surface area contributed by atoms with Gasteiger partial charge in [-0.05, 0) is 35.9 Å². The van der Waals surface area contributed by atoms with Crippen LogP contribution in [0.3, 0.4) is 0 Å². The maximum atomic E-state index is 12.0. The van der Waals surface area contributed by atoms with Crippen LogP contribution in [0.25, 0.3) is 12.2 Å². The highest BCUT2D eigenvalue weighted by Gasteiger charge is 2.18. The fraction of sp³-hybridized carbons (Fsp3) is 0. The van der Waals surface area contributed by atoms with Crippen molar-refractivity contribution in [3.05, 3.63) is 102 Å². The Morgan fingerprint density at radius 1 is 0.964 bits per heavy atom. The molecule has 0 unspecified atom stereocenters. The first-order chi connectivity index (χ1) is 13.4. The monoisotopic (exact) mass is 379 g/mol. The molecule has 0 bridgehead atoms. The molecule has 3 aromatic rings. The molecule has 9 nitrogen and oxygen atoms in total. The molecule has 1 aromatic heterocycles. The lowest BCUT2D eigenvalue weighted by atomic mass is 10.2. The Labute approximate surface area is 157 Å². The van der Waals surface area contributed by atoms with Crippen molar-refractivity contribution in [1.82, 2.24) is 9.97 Å². The second-order valence-corrected chi connectivity index (χ2v) is 5.59. The van der Waals surface area contributed by atoms with Crippen LogP contribution in [-0.4, -0.2) is 20.9 Å². The van der Waals surface area contributed by atoms with E-state index in [1.807, 2.05) is 4.98 Å². The summed E-state index contributed by atoms with van der Waals surface area (Å²) in [6.45, 7) is 0. The molecule has 0 radical (unpaired) electrons. The maximum Gasteiger partial charge on any atom is 0.357 e. The molecule has 0 atom stereocenters. The summed E-state index contributed by atoms with van der Waals surface area (Å²) >= 11 is 0. The highest BCUT2D eigenvalue weighted by molar-refractivity contribution is 5.91. The van der Waals surface area contributed by atoms with E-state index in [2.05, 4.69) is 4.98 Å². The summed E-state index contributed by atoms with van der Waals surface area (Å²) in [5, 5.41) is 11.0. The van der Waals surface area contributed by atoms with Crippen LogP contribution in [0.5, 0.6) is 5.75 Å². The fourth-order valence-electron chi connectivity index (χ4n) is 2.37. The molecular formula is C19H13N3O6. The Bertz CT molecular complexity index is 1160. The molecular weight excluding hydrogens is 366 g/mol. The van der Waals surface area contributed by atoms with Crippen LogP contribution in [0.4, 0.5) is 5.69 Å². The number of carbonyl (C=O) groups excluding carboxylic acids is 1. The van der Waals surface area contributed by atoms with Gasteiger partial charge in [-0.25, -0.2) is 9.59 Å². The summed E-state index contributed by atoms with van der Waals surface area (Å²) in [7, 11) is 0. The Balaban J connectivity index is 1.78. The molecule has 0 aliphatic carbocycles. The number of nitrogens with one attached hydrogen (secondary N) is 2. The van der Waals surface area contributed by atoms with Gasteiger partial charge in [0, 0.05) is 0 Å². The van der Waals surface area contributed by atoms with E-state index in [1.165, 1.54) is 12.2 Å². The van der Waals surface area contributed by atoms with Gasteiger partial charge in [-0.1, -0.05) is 36.4 Å². The van der Waals surface area contributed by atoms with Crippen LogP contribution in [0, 0.1) is 10.1 Å². The topological polar surface area (TPSA) is 135 Å². The number of esters is 1. The van der Waals surface area contributed by atoms with E-state index in [1.54, 1.807) is 54.6 Å². The van der Waals surface area contributed by atoms with Gasteiger partial charge >= 0.3 is 22.9 Å². The average Bonchev–Trinajstić information content (AvgIpc) is 2.67.